The van der Waals surface area contributed by atoms with Crippen molar-refractivity contribution in [2.24, 2.45) is 0 Å². The average molecular weight is 414 g/mol. The molecule has 9 nitrogen and oxygen atoms in total. The van der Waals surface area contributed by atoms with Gasteiger partial charge < -0.3 is 15.4 Å². The minimum atomic E-state index is -0.474. The fourth-order valence-electron chi connectivity index (χ4n) is 2.72. The Kier molecular flexibility index (Phi) is 6.20. The Bertz CT molecular complexity index is 1040. The molecule has 150 valence electrons. The molecule has 0 saturated carbocycles. The van der Waals surface area contributed by atoms with Gasteiger partial charge in [-0.25, -0.2) is 9.78 Å². The highest BCUT2D eigenvalue weighted by Gasteiger charge is 2.18. The molecule has 29 heavy (non-hydrogen) atoms. The smallest absolute Gasteiger partial charge is 0.323 e. The summed E-state index contributed by atoms with van der Waals surface area (Å²) < 4.78 is 5.45. The van der Waals surface area contributed by atoms with E-state index in [-0.39, 0.29) is 6.10 Å². The molecular weight excluding hydrogens is 394 g/mol. The maximum absolute atomic E-state index is 12.5. The third kappa shape index (κ3) is 4.58. The number of aromatic nitrogens is 5. The third-order valence-corrected chi connectivity index (χ3v) is 4.42. The number of carbonyl (C=O) groups excluding carboxylic acids is 1. The molecule has 0 aliphatic carbocycles. The van der Waals surface area contributed by atoms with Crippen LogP contribution in [0.2, 0.25) is 5.02 Å². The normalized spacial score (nSPS) is 11.7. The number of ether oxygens (including phenoxy) is 1. The molecule has 3 aromatic rings. The molecule has 2 N–H and O–H groups in total. The van der Waals surface area contributed by atoms with Gasteiger partial charge in [0.15, 0.2) is 5.82 Å². The Morgan fingerprint density at radius 1 is 1.24 bits per heavy atom. The summed E-state index contributed by atoms with van der Waals surface area (Å²) in [7, 11) is 1.60. The Morgan fingerprint density at radius 3 is 2.59 bits per heavy atom. The van der Waals surface area contributed by atoms with Gasteiger partial charge in [0.1, 0.15) is 0 Å². The van der Waals surface area contributed by atoms with E-state index in [1.54, 1.807) is 25.6 Å². The summed E-state index contributed by atoms with van der Waals surface area (Å²) in [5, 5.41) is 13.8. The van der Waals surface area contributed by atoms with Crippen molar-refractivity contribution in [3.8, 4) is 5.82 Å². The summed E-state index contributed by atoms with van der Waals surface area (Å²) in [6.45, 7) is 7.73. The van der Waals surface area contributed by atoms with Crippen molar-refractivity contribution in [2.45, 2.75) is 20.0 Å². The van der Waals surface area contributed by atoms with Crippen LogP contribution in [0.3, 0.4) is 0 Å². The van der Waals surface area contributed by atoms with Gasteiger partial charge in [0.05, 0.1) is 47.3 Å². The molecular formula is C19H20ClN7O2. The van der Waals surface area contributed by atoms with Gasteiger partial charge in [0.25, 0.3) is 0 Å². The number of nitrogens with one attached hydrogen (secondary N) is 2. The van der Waals surface area contributed by atoms with Crippen molar-refractivity contribution in [3.05, 3.63) is 59.8 Å². The minimum Gasteiger partial charge on any atom is -0.377 e. The van der Waals surface area contributed by atoms with Crippen LogP contribution < -0.4 is 10.6 Å². The summed E-state index contributed by atoms with van der Waals surface area (Å²) in [5.74, 6) is 0.359. The zero-order valence-corrected chi connectivity index (χ0v) is 16.9. The van der Waals surface area contributed by atoms with Crippen molar-refractivity contribution in [1.82, 2.24) is 25.0 Å². The van der Waals surface area contributed by atoms with Gasteiger partial charge in [-0.1, -0.05) is 18.2 Å². The third-order valence-electron chi connectivity index (χ3n) is 4.14. The number of carbonyl (C=O) groups is 1. The fraction of sp³-hybridized carbons (Fsp3) is 0.211. The molecule has 1 unspecified atom stereocenters. The quantitative estimate of drug-likeness (QED) is 0.630. The number of urea groups is 1. The molecule has 0 saturated heterocycles. The zero-order chi connectivity index (χ0) is 21.0. The van der Waals surface area contributed by atoms with Crippen LogP contribution in [0.25, 0.3) is 11.4 Å². The Labute approximate surface area is 172 Å². The van der Waals surface area contributed by atoms with Gasteiger partial charge in [-0.05, 0) is 25.5 Å². The van der Waals surface area contributed by atoms with Crippen LogP contribution in [-0.2, 0) is 4.74 Å². The number of allylic oxidation sites excluding steroid dienone is 1. The number of nitrogens with zero attached hydrogens (tertiary/aromatic N) is 5. The van der Waals surface area contributed by atoms with Gasteiger partial charge in [-0.2, -0.15) is 10.2 Å². The topological polar surface area (TPSA) is 107 Å². The maximum atomic E-state index is 12.5. The van der Waals surface area contributed by atoms with Gasteiger partial charge in [-0.3, -0.25) is 4.98 Å². The van der Waals surface area contributed by atoms with Crippen molar-refractivity contribution in [3.63, 3.8) is 0 Å². The second-order valence-electron chi connectivity index (χ2n) is 6.23. The Balaban J connectivity index is 1.80. The molecule has 3 aromatic heterocycles. The lowest BCUT2D eigenvalue weighted by molar-refractivity contribution is 0.120. The molecule has 0 aromatic carbocycles. The van der Waals surface area contributed by atoms with E-state index >= 15 is 0 Å². The first kappa shape index (κ1) is 20.4. The van der Waals surface area contributed by atoms with Crippen LogP contribution in [-0.4, -0.2) is 38.1 Å². The van der Waals surface area contributed by atoms with E-state index in [1.807, 2.05) is 13.8 Å². The van der Waals surface area contributed by atoms with E-state index in [4.69, 9.17) is 16.3 Å². The van der Waals surface area contributed by atoms with E-state index < -0.39 is 6.03 Å². The lowest BCUT2D eigenvalue weighted by Crippen LogP contribution is -2.21. The first-order valence-corrected chi connectivity index (χ1v) is 9.05. The molecule has 0 aliphatic heterocycles. The Morgan fingerprint density at radius 2 is 1.97 bits per heavy atom. The number of halogens is 1. The van der Waals surface area contributed by atoms with E-state index in [9.17, 15) is 4.79 Å². The van der Waals surface area contributed by atoms with Crippen LogP contribution in [0.1, 0.15) is 31.1 Å². The number of hydrogen-bond donors (Lipinski definition) is 2. The molecule has 3 rings (SSSR count). The number of amides is 2. The van der Waals surface area contributed by atoms with Crippen LogP contribution in [0.15, 0.2) is 43.6 Å². The van der Waals surface area contributed by atoms with Crippen molar-refractivity contribution >= 4 is 34.6 Å². The van der Waals surface area contributed by atoms with Crippen LogP contribution in [0.5, 0.6) is 0 Å². The maximum Gasteiger partial charge on any atom is 0.323 e. The second kappa shape index (κ2) is 8.80. The highest BCUT2D eigenvalue weighted by Crippen LogP contribution is 2.31. The van der Waals surface area contributed by atoms with E-state index in [0.717, 1.165) is 16.7 Å². The van der Waals surface area contributed by atoms with Crippen molar-refractivity contribution in [1.29, 1.82) is 0 Å². The lowest BCUT2D eigenvalue weighted by atomic mass is 9.99. The van der Waals surface area contributed by atoms with Crippen LogP contribution in [0, 0.1) is 0 Å². The largest absolute Gasteiger partial charge is 0.377 e. The number of pyridine rings is 2. The monoisotopic (exact) mass is 413 g/mol. The van der Waals surface area contributed by atoms with Crippen molar-refractivity contribution in [2.75, 3.05) is 17.7 Å². The van der Waals surface area contributed by atoms with E-state index in [1.165, 1.54) is 23.4 Å². The SMILES string of the molecule is C=C(C)c1cncc(NC(=O)Nc2cnc(-n3nccn3)c(Cl)c2)c1C(C)OC. The molecule has 0 aliphatic rings. The van der Waals surface area contributed by atoms with Gasteiger partial charge in [0.2, 0.25) is 0 Å². The second-order valence-corrected chi connectivity index (χ2v) is 6.64. The summed E-state index contributed by atoms with van der Waals surface area (Å²) in [6.07, 6.45) is 7.49. The van der Waals surface area contributed by atoms with E-state index in [2.05, 4.69) is 37.4 Å². The fourth-order valence-corrected chi connectivity index (χ4v) is 2.96. The molecule has 1 atom stereocenters. The predicted molar refractivity (Wildman–Crippen MR) is 111 cm³/mol. The number of rotatable bonds is 6. The highest BCUT2D eigenvalue weighted by atomic mass is 35.5. The predicted octanol–water partition coefficient (Wildman–Crippen LogP) is 4.10. The molecule has 10 heteroatoms. The first-order valence-electron chi connectivity index (χ1n) is 8.67. The summed E-state index contributed by atoms with van der Waals surface area (Å²) >= 11 is 6.23. The highest BCUT2D eigenvalue weighted by molar-refractivity contribution is 6.32. The molecule has 2 amide bonds. The molecule has 0 spiro atoms. The van der Waals surface area contributed by atoms with Crippen molar-refractivity contribution < 1.29 is 9.53 Å². The molecule has 0 fully saturated rings. The number of hydrogen-bond acceptors (Lipinski definition) is 6. The Hall–Kier alpha value is -3.30. The average Bonchev–Trinajstić information content (AvgIpc) is 3.21. The van der Waals surface area contributed by atoms with Gasteiger partial charge in [0, 0.05) is 24.4 Å². The molecule has 0 bridgehead atoms. The number of methoxy groups -OCH3 is 1. The van der Waals surface area contributed by atoms with Crippen LogP contribution >= 0.6 is 11.6 Å². The standard InChI is InChI=1S/C19H20ClN7O2/c1-11(2)14-9-21-10-16(17(14)12(3)29-4)26-19(28)25-13-7-15(20)18(22-8-13)27-23-5-6-24-27/h5-10,12H,1H2,2-4H3,(H2,25,26,28). The summed E-state index contributed by atoms with van der Waals surface area (Å²) in [4.78, 5) is 22.2. The van der Waals surface area contributed by atoms with E-state index in [0.29, 0.717) is 22.2 Å². The first-order chi connectivity index (χ1) is 13.9. The van der Waals surface area contributed by atoms with Crippen LogP contribution in [0.4, 0.5) is 16.2 Å². The zero-order valence-electron chi connectivity index (χ0n) is 16.2. The lowest BCUT2D eigenvalue weighted by Gasteiger charge is -2.20. The van der Waals surface area contributed by atoms with Gasteiger partial charge >= 0.3 is 6.03 Å². The van der Waals surface area contributed by atoms with Gasteiger partial charge in [-0.15, -0.1) is 4.80 Å². The molecule has 3 heterocycles. The summed E-state index contributed by atoms with van der Waals surface area (Å²) in [5.41, 5.74) is 3.36. The molecule has 0 radical (unpaired) electrons. The number of anilines is 2. The minimum absolute atomic E-state index is 0.267. The summed E-state index contributed by atoms with van der Waals surface area (Å²) in [6, 6.07) is 1.09.